The normalized spacial score (nSPS) is 16.1. The number of halogens is 6. The van der Waals surface area contributed by atoms with E-state index in [1.807, 2.05) is 6.92 Å². The molecule has 2 N–H and O–H groups in total. The summed E-state index contributed by atoms with van der Waals surface area (Å²) >= 11 is 0. The molecular weight excluding hydrogens is 698 g/mol. The van der Waals surface area contributed by atoms with Gasteiger partial charge in [0.1, 0.15) is 11.4 Å². The highest BCUT2D eigenvalue weighted by Crippen LogP contribution is 2.42. The minimum Gasteiger partial charge on any atom is -0.481 e. The quantitative estimate of drug-likeness (QED) is 0.114. The fourth-order valence-corrected chi connectivity index (χ4v) is 5.82. The second kappa shape index (κ2) is 15.7. The lowest BCUT2D eigenvalue weighted by molar-refractivity contribution is -0.143. The number of carbonyl (C=O) groups is 1. The Morgan fingerprint density at radius 1 is 1.00 bits per heavy atom. The number of nitrogens with zero attached hydrogens (tertiary/aromatic N) is 4. The lowest BCUT2D eigenvalue weighted by Gasteiger charge is -2.39. The van der Waals surface area contributed by atoms with E-state index in [1.165, 1.54) is 19.1 Å². The van der Waals surface area contributed by atoms with Crippen molar-refractivity contribution in [2.75, 3.05) is 36.3 Å². The van der Waals surface area contributed by atoms with Gasteiger partial charge in [0.2, 0.25) is 11.8 Å². The van der Waals surface area contributed by atoms with Crippen molar-refractivity contribution in [2.24, 2.45) is 0 Å². The minimum atomic E-state index is -5.09. The van der Waals surface area contributed by atoms with Gasteiger partial charge in [0.15, 0.2) is 11.7 Å². The predicted molar refractivity (Wildman–Crippen MR) is 180 cm³/mol. The molecule has 0 fully saturated rings. The summed E-state index contributed by atoms with van der Waals surface area (Å²) in [4.78, 5) is 40.3. The van der Waals surface area contributed by atoms with Gasteiger partial charge in [-0.05, 0) is 70.4 Å². The van der Waals surface area contributed by atoms with E-state index in [4.69, 9.17) is 14.2 Å². The van der Waals surface area contributed by atoms with Gasteiger partial charge in [-0.15, -0.1) is 0 Å². The summed E-state index contributed by atoms with van der Waals surface area (Å²) in [5, 5.41) is 6.11. The first-order valence-electron chi connectivity index (χ1n) is 16.4. The number of alkyl halides is 6. The monoisotopic (exact) mass is 738 g/mol. The predicted octanol–water partition coefficient (Wildman–Crippen LogP) is 7.92. The van der Waals surface area contributed by atoms with E-state index < -0.39 is 53.7 Å². The Hall–Kier alpha value is -5.05. The van der Waals surface area contributed by atoms with Gasteiger partial charge >= 0.3 is 18.4 Å². The molecule has 0 saturated carbocycles. The topological polar surface area (TPSA) is 128 Å². The lowest BCUT2D eigenvalue weighted by atomic mass is 9.92. The minimum absolute atomic E-state index is 0.0251. The largest absolute Gasteiger partial charge is 0.481 e. The molecule has 1 amide bonds. The maximum Gasteiger partial charge on any atom is 0.416 e. The second-order valence-electron chi connectivity index (χ2n) is 12.9. The highest BCUT2D eigenvalue weighted by Gasteiger charge is 2.39. The molecule has 1 aliphatic heterocycles. The molecule has 2 atom stereocenters. The number of amides is 1. The van der Waals surface area contributed by atoms with Gasteiger partial charge in [-0.3, -0.25) is 4.90 Å². The van der Waals surface area contributed by atoms with E-state index in [0.717, 1.165) is 0 Å². The Morgan fingerprint density at radius 3 is 2.17 bits per heavy atom. The lowest BCUT2D eigenvalue weighted by Crippen LogP contribution is -2.46. The zero-order chi connectivity index (χ0) is 38.6. The maximum atomic E-state index is 13.9. The molecule has 1 aliphatic rings. The van der Waals surface area contributed by atoms with Gasteiger partial charge in [-0.25, -0.2) is 19.6 Å². The number of aromatic nitrogens is 3. The first-order valence-corrected chi connectivity index (χ1v) is 16.4. The van der Waals surface area contributed by atoms with E-state index in [2.05, 4.69) is 25.6 Å². The summed E-state index contributed by atoms with van der Waals surface area (Å²) in [7, 11) is 2.92. The SMILES string of the molecule is CCOC(=O)N1c2ccc(OC)nc2[C@@H](Nc2nc(NC)nc(CC(=C=O)OC(C)(C)C)c2Cc2cc(C(F)(F)F)cc(C(F)(F)F)c2)C[C@H]1CC. The van der Waals surface area contributed by atoms with Crippen molar-refractivity contribution in [3.8, 4) is 5.88 Å². The van der Waals surface area contributed by atoms with Crippen LogP contribution in [0.4, 0.5) is 48.6 Å². The molecule has 52 heavy (non-hydrogen) atoms. The van der Waals surface area contributed by atoms with Crippen molar-refractivity contribution in [3.05, 3.63) is 69.7 Å². The zero-order valence-corrected chi connectivity index (χ0v) is 29.7. The number of fused-ring (bicyclic) bond motifs is 1. The van der Waals surface area contributed by atoms with Crippen molar-refractivity contribution in [2.45, 2.75) is 90.3 Å². The van der Waals surface area contributed by atoms with Gasteiger partial charge in [0.05, 0.1) is 54.4 Å². The number of hydrogen-bond acceptors (Lipinski definition) is 10. The first-order chi connectivity index (χ1) is 24.3. The molecule has 0 bridgehead atoms. The number of ether oxygens (including phenoxy) is 3. The van der Waals surface area contributed by atoms with Crippen LogP contribution in [-0.4, -0.2) is 59.4 Å². The molecule has 0 spiro atoms. The van der Waals surface area contributed by atoms with E-state index >= 15 is 0 Å². The van der Waals surface area contributed by atoms with Crippen LogP contribution in [0.15, 0.2) is 36.1 Å². The molecular formula is C35H40F6N6O5. The van der Waals surface area contributed by atoms with Crippen LogP contribution in [-0.2, 0) is 39.5 Å². The molecule has 0 aliphatic carbocycles. The van der Waals surface area contributed by atoms with Crippen LogP contribution in [0.5, 0.6) is 5.88 Å². The van der Waals surface area contributed by atoms with Crippen molar-refractivity contribution in [3.63, 3.8) is 0 Å². The van der Waals surface area contributed by atoms with Crippen LogP contribution in [0.1, 0.15) is 87.1 Å². The van der Waals surface area contributed by atoms with Gasteiger partial charge in [0, 0.05) is 31.1 Å². The Labute approximate surface area is 296 Å². The Balaban J connectivity index is 1.96. The van der Waals surface area contributed by atoms with E-state index in [-0.39, 0.29) is 65.7 Å². The van der Waals surface area contributed by atoms with Gasteiger partial charge in [-0.2, -0.15) is 31.3 Å². The van der Waals surface area contributed by atoms with Crippen LogP contribution in [0, 0.1) is 0 Å². The highest BCUT2D eigenvalue weighted by atomic mass is 19.4. The Morgan fingerprint density at radius 2 is 1.65 bits per heavy atom. The second-order valence-corrected chi connectivity index (χ2v) is 12.9. The summed E-state index contributed by atoms with van der Waals surface area (Å²) in [5.41, 5.74) is -3.28. The fraction of sp³-hybridized carbons (Fsp3) is 0.486. The zero-order valence-electron chi connectivity index (χ0n) is 29.7. The molecule has 0 saturated heterocycles. The number of hydrogen-bond donors (Lipinski definition) is 2. The third-order valence-electron chi connectivity index (χ3n) is 8.01. The van der Waals surface area contributed by atoms with Gasteiger partial charge in [0.25, 0.3) is 0 Å². The Kier molecular flexibility index (Phi) is 12.0. The van der Waals surface area contributed by atoms with E-state index in [9.17, 15) is 35.9 Å². The van der Waals surface area contributed by atoms with Crippen LogP contribution in [0.25, 0.3) is 0 Å². The molecule has 2 aromatic heterocycles. The number of rotatable bonds is 11. The summed E-state index contributed by atoms with van der Waals surface area (Å²) in [6.45, 7) is 8.72. The van der Waals surface area contributed by atoms with Gasteiger partial charge in [-0.1, -0.05) is 6.92 Å². The molecule has 282 valence electrons. The molecule has 3 heterocycles. The van der Waals surface area contributed by atoms with Crippen LogP contribution < -0.4 is 20.3 Å². The third-order valence-corrected chi connectivity index (χ3v) is 8.01. The number of pyridine rings is 1. The summed E-state index contributed by atoms with van der Waals surface area (Å²) in [5.74, 6) is 1.80. The van der Waals surface area contributed by atoms with Crippen molar-refractivity contribution < 1.29 is 50.1 Å². The average Bonchev–Trinajstić information content (AvgIpc) is 3.07. The molecule has 0 unspecified atom stereocenters. The highest BCUT2D eigenvalue weighted by molar-refractivity contribution is 5.90. The molecule has 17 heteroatoms. The molecule has 0 radical (unpaired) electrons. The number of carbonyl (C=O) groups excluding carboxylic acids is 2. The number of nitrogens with one attached hydrogen (secondary N) is 2. The number of methoxy groups -OCH3 is 1. The van der Waals surface area contributed by atoms with Crippen molar-refractivity contribution in [1.29, 1.82) is 0 Å². The number of allylic oxidation sites excluding steroid dienone is 1. The molecule has 1 aromatic carbocycles. The number of benzene rings is 1. The fourth-order valence-electron chi connectivity index (χ4n) is 5.82. The van der Waals surface area contributed by atoms with E-state index in [1.54, 1.807) is 45.8 Å². The van der Waals surface area contributed by atoms with Crippen LogP contribution >= 0.6 is 0 Å². The first kappa shape index (κ1) is 39.7. The average molecular weight is 739 g/mol. The van der Waals surface area contributed by atoms with Crippen molar-refractivity contribution >= 4 is 29.5 Å². The standard InChI is InChI=1S/C35H40F6N6O5/c1-8-22-16-26(29-27(10-11-28(45-29)50-7)47(22)32(49)51-9-2)43-30-24(14-19-12-20(34(36,37)38)15-21(13-19)35(39,40)41)25(44-31(42-6)46-30)17-23(18-48)52-33(3,4)5/h10-13,15,22,26H,8-9,14,16-17H2,1-7H3,(H2,42,43,44,46)/t22-,26+/m1/s1. The molecule has 11 nitrogen and oxygen atoms in total. The molecule has 4 rings (SSSR count). The summed E-state index contributed by atoms with van der Waals surface area (Å²) in [6.07, 6.45) is -10.9. The summed E-state index contributed by atoms with van der Waals surface area (Å²) in [6, 6.07) is 3.38. The van der Waals surface area contributed by atoms with Crippen molar-refractivity contribution in [1.82, 2.24) is 15.0 Å². The maximum absolute atomic E-state index is 13.9. The van der Waals surface area contributed by atoms with E-state index in [0.29, 0.717) is 29.9 Å². The van der Waals surface area contributed by atoms with Crippen LogP contribution in [0.3, 0.4) is 0 Å². The molecule has 3 aromatic rings. The van der Waals surface area contributed by atoms with Gasteiger partial charge < -0.3 is 24.8 Å². The number of anilines is 3. The Bertz CT molecular complexity index is 1790. The third kappa shape index (κ3) is 9.43. The smallest absolute Gasteiger partial charge is 0.416 e. The summed E-state index contributed by atoms with van der Waals surface area (Å²) < 4.78 is 99.8. The van der Waals surface area contributed by atoms with Crippen LogP contribution in [0.2, 0.25) is 0 Å².